The van der Waals surface area contributed by atoms with Gasteiger partial charge >= 0.3 is 6.03 Å². The molecule has 3 aromatic rings. The molecule has 0 aliphatic carbocycles. The van der Waals surface area contributed by atoms with Gasteiger partial charge in [-0.15, -0.1) is 0 Å². The van der Waals surface area contributed by atoms with Crippen molar-refractivity contribution in [2.24, 2.45) is 0 Å². The molecule has 3 aromatic carbocycles. The average Bonchev–Trinajstić information content (AvgIpc) is 2.62. The molecule has 0 radical (unpaired) electrons. The second kappa shape index (κ2) is 7.44. The molecule has 0 bridgehead atoms. The summed E-state index contributed by atoms with van der Waals surface area (Å²) in [6.45, 7) is 6.40. The lowest BCUT2D eigenvalue weighted by molar-refractivity contribution is 0.262. The maximum Gasteiger partial charge on any atom is 0.323 e. The number of hydrogen-bond acceptors (Lipinski definition) is 1. The normalized spacial score (nSPS) is 11.0. The number of carbonyl (C=O) groups is 1. The Kier molecular flexibility index (Phi) is 5.08. The predicted molar refractivity (Wildman–Crippen MR) is 110 cm³/mol. The van der Waals surface area contributed by atoms with Crippen LogP contribution in [-0.2, 0) is 5.41 Å². The topological polar surface area (TPSA) is 41.1 Å². The molecule has 2 amide bonds. The van der Waals surface area contributed by atoms with Crippen LogP contribution < -0.4 is 10.6 Å². The summed E-state index contributed by atoms with van der Waals surface area (Å²) in [5.41, 5.74) is 4.93. The summed E-state index contributed by atoms with van der Waals surface area (Å²) in [7, 11) is 0. The van der Waals surface area contributed by atoms with Gasteiger partial charge in [0.15, 0.2) is 0 Å². The molecular formula is C23H24N2O. The number of rotatable bonds is 3. The monoisotopic (exact) mass is 344 g/mol. The zero-order valence-corrected chi connectivity index (χ0v) is 15.4. The number of carbonyl (C=O) groups excluding carboxylic acids is 1. The number of amides is 2. The highest BCUT2D eigenvalue weighted by molar-refractivity contribution is 6.00. The van der Waals surface area contributed by atoms with Crippen LogP contribution in [-0.4, -0.2) is 6.03 Å². The van der Waals surface area contributed by atoms with Crippen LogP contribution in [0, 0.1) is 0 Å². The molecule has 3 nitrogen and oxygen atoms in total. The Hall–Kier alpha value is -3.07. The Bertz CT molecular complexity index is 878. The van der Waals surface area contributed by atoms with Crippen LogP contribution in [0.15, 0.2) is 78.9 Å². The molecule has 26 heavy (non-hydrogen) atoms. The third-order valence-electron chi connectivity index (χ3n) is 4.23. The Labute approximate surface area is 155 Å². The molecule has 0 unspecified atom stereocenters. The lowest BCUT2D eigenvalue weighted by Gasteiger charge is -2.23. The first kappa shape index (κ1) is 17.7. The molecule has 3 heteroatoms. The van der Waals surface area contributed by atoms with Crippen LogP contribution in [0.5, 0.6) is 0 Å². The molecule has 0 heterocycles. The molecule has 0 fully saturated rings. The van der Waals surface area contributed by atoms with Gasteiger partial charge in [0.25, 0.3) is 0 Å². The third-order valence-corrected chi connectivity index (χ3v) is 4.23. The molecule has 0 aliphatic heterocycles. The molecule has 2 N–H and O–H groups in total. The SMILES string of the molecule is CC(C)(C)c1ccccc1NC(=O)Nc1ccc(-c2ccccc2)cc1. The standard InChI is InChI=1S/C23H24N2O/c1-23(2,3)20-11-7-8-12-21(20)25-22(26)24-19-15-13-18(14-16-19)17-9-5-4-6-10-17/h4-16H,1-3H3,(H2,24,25,26). The van der Waals surface area contributed by atoms with E-state index in [4.69, 9.17) is 0 Å². The Morgan fingerprint density at radius 2 is 1.27 bits per heavy atom. The van der Waals surface area contributed by atoms with Crippen molar-refractivity contribution in [2.45, 2.75) is 26.2 Å². The van der Waals surface area contributed by atoms with E-state index in [2.05, 4.69) is 43.5 Å². The highest BCUT2D eigenvalue weighted by atomic mass is 16.2. The molecule has 0 spiro atoms. The van der Waals surface area contributed by atoms with E-state index in [1.54, 1.807) is 0 Å². The maximum absolute atomic E-state index is 12.4. The van der Waals surface area contributed by atoms with Gasteiger partial charge in [-0.25, -0.2) is 4.79 Å². The van der Waals surface area contributed by atoms with E-state index in [9.17, 15) is 4.79 Å². The molecule has 0 aromatic heterocycles. The minimum atomic E-state index is -0.242. The predicted octanol–water partition coefficient (Wildman–Crippen LogP) is 6.30. The van der Waals surface area contributed by atoms with Gasteiger partial charge in [-0.1, -0.05) is 81.4 Å². The van der Waals surface area contributed by atoms with Crippen molar-refractivity contribution < 1.29 is 4.79 Å². The summed E-state index contributed by atoms with van der Waals surface area (Å²) in [6.07, 6.45) is 0. The highest BCUT2D eigenvalue weighted by Gasteiger charge is 2.18. The van der Waals surface area contributed by atoms with Crippen molar-refractivity contribution in [1.82, 2.24) is 0 Å². The minimum absolute atomic E-state index is 0.0405. The zero-order valence-electron chi connectivity index (χ0n) is 15.4. The van der Waals surface area contributed by atoms with Crippen LogP contribution in [0.25, 0.3) is 11.1 Å². The summed E-state index contributed by atoms with van der Waals surface area (Å²) >= 11 is 0. The van der Waals surface area contributed by atoms with Crippen molar-refractivity contribution in [3.8, 4) is 11.1 Å². The summed E-state index contributed by atoms with van der Waals surface area (Å²) in [4.78, 5) is 12.4. The van der Waals surface area contributed by atoms with E-state index in [1.165, 1.54) is 0 Å². The van der Waals surface area contributed by atoms with Gasteiger partial charge in [0, 0.05) is 11.4 Å². The van der Waals surface area contributed by atoms with E-state index in [0.29, 0.717) is 0 Å². The molecule has 132 valence electrons. The van der Waals surface area contributed by atoms with Crippen LogP contribution in [0.3, 0.4) is 0 Å². The Morgan fingerprint density at radius 3 is 1.92 bits per heavy atom. The number of nitrogens with one attached hydrogen (secondary N) is 2. The van der Waals surface area contributed by atoms with E-state index < -0.39 is 0 Å². The van der Waals surface area contributed by atoms with Gasteiger partial charge < -0.3 is 10.6 Å². The fourth-order valence-corrected chi connectivity index (χ4v) is 2.91. The molecule has 0 saturated carbocycles. The third kappa shape index (κ3) is 4.31. The quantitative estimate of drug-likeness (QED) is 0.575. The lowest BCUT2D eigenvalue weighted by Crippen LogP contribution is -2.22. The van der Waals surface area contributed by atoms with Crippen molar-refractivity contribution >= 4 is 17.4 Å². The van der Waals surface area contributed by atoms with Gasteiger partial charge in [-0.05, 0) is 40.3 Å². The first-order valence-corrected chi connectivity index (χ1v) is 8.76. The number of urea groups is 1. The van der Waals surface area contributed by atoms with Crippen molar-refractivity contribution in [3.63, 3.8) is 0 Å². The van der Waals surface area contributed by atoms with Gasteiger partial charge in [-0.3, -0.25) is 0 Å². The largest absolute Gasteiger partial charge is 0.323 e. The Morgan fingerprint density at radius 1 is 0.692 bits per heavy atom. The first-order chi connectivity index (χ1) is 12.4. The minimum Gasteiger partial charge on any atom is -0.308 e. The number of anilines is 2. The number of hydrogen-bond donors (Lipinski definition) is 2. The summed E-state index contributed by atoms with van der Waals surface area (Å²) in [5, 5.41) is 5.86. The van der Waals surface area contributed by atoms with Crippen LogP contribution in [0.4, 0.5) is 16.2 Å². The van der Waals surface area contributed by atoms with Crippen LogP contribution in [0.1, 0.15) is 26.3 Å². The molecule has 0 aliphatic rings. The summed E-state index contributed by atoms with van der Waals surface area (Å²) in [5.74, 6) is 0. The molecular weight excluding hydrogens is 320 g/mol. The van der Waals surface area contributed by atoms with Gasteiger partial charge in [0.1, 0.15) is 0 Å². The highest BCUT2D eigenvalue weighted by Crippen LogP contribution is 2.29. The summed E-state index contributed by atoms with van der Waals surface area (Å²) < 4.78 is 0. The van der Waals surface area contributed by atoms with E-state index in [0.717, 1.165) is 28.1 Å². The molecule has 0 atom stereocenters. The zero-order chi connectivity index (χ0) is 18.6. The lowest BCUT2D eigenvalue weighted by atomic mass is 9.86. The van der Waals surface area contributed by atoms with Crippen molar-refractivity contribution in [1.29, 1.82) is 0 Å². The molecule has 0 saturated heterocycles. The van der Waals surface area contributed by atoms with Gasteiger partial charge in [0.2, 0.25) is 0 Å². The van der Waals surface area contributed by atoms with E-state index in [-0.39, 0.29) is 11.4 Å². The van der Waals surface area contributed by atoms with Crippen LogP contribution in [0.2, 0.25) is 0 Å². The number of para-hydroxylation sites is 1. The fourth-order valence-electron chi connectivity index (χ4n) is 2.91. The average molecular weight is 344 g/mol. The second-order valence-electron chi connectivity index (χ2n) is 7.32. The van der Waals surface area contributed by atoms with Crippen molar-refractivity contribution in [2.75, 3.05) is 10.6 Å². The van der Waals surface area contributed by atoms with E-state index >= 15 is 0 Å². The van der Waals surface area contributed by atoms with Crippen LogP contribution >= 0.6 is 0 Å². The summed E-state index contributed by atoms with van der Waals surface area (Å²) in [6, 6.07) is 25.7. The fraction of sp³-hybridized carbons (Fsp3) is 0.174. The first-order valence-electron chi connectivity index (χ1n) is 8.76. The smallest absolute Gasteiger partial charge is 0.308 e. The van der Waals surface area contributed by atoms with E-state index in [1.807, 2.05) is 66.7 Å². The second-order valence-corrected chi connectivity index (χ2v) is 7.32. The van der Waals surface area contributed by atoms with Gasteiger partial charge in [-0.2, -0.15) is 0 Å². The maximum atomic E-state index is 12.4. The Balaban J connectivity index is 1.70. The van der Waals surface area contributed by atoms with Gasteiger partial charge in [0.05, 0.1) is 0 Å². The number of benzene rings is 3. The molecule has 3 rings (SSSR count). The van der Waals surface area contributed by atoms with Crippen molar-refractivity contribution in [3.05, 3.63) is 84.4 Å².